The van der Waals surface area contributed by atoms with Crippen LogP contribution in [0.2, 0.25) is 10.0 Å². The third kappa shape index (κ3) is 2.55. The first-order valence-corrected chi connectivity index (χ1v) is 7.69. The van der Waals surface area contributed by atoms with Gasteiger partial charge in [0.15, 0.2) is 0 Å². The number of rotatable bonds is 1. The van der Waals surface area contributed by atoms with E-state index in [1.165, 1.54) is 0 Å². The number of aromatic nitrogens is 2. The summed E-state index contributed by atoms with van der Waals surface area (Å²) in [6.07, 6.45) is 0. The van der Waals surface area contributed by atoms with E-state index in [1.54, 1.807) is 18.2 Å². The first-order chi connectivity index (χ1) is 9.04. The highest BCUT2D eigenvalue weighted by atomic mass is 79.9. The summed E-state index contributed by atoms with van der Waals surface area (Å²) < 4.78 is 1.89. The molecule has 0 unspecified atom stereocenters. The van der Waals surface area contributed by atoms with Crippen LogP contribution < -0.4 is 0 Å². The zero-order valence-corrected chi connectivity index (χ0v) is 14.0. The Morgan fingerprint density at radius 1 is 1.05 bits per heavy atom. The number of nitrogens with zero attached hydrogens (tertiary/aromatic N) is 1. The first-order valence-electron chi connectivity index (χ1n) is 5.35. The van der Waals surface area contributed by atoms with E-state index in [4.69, 9.17) is 23.2 Å². The molecule has 6 heteroatoms. The van der Waals surface area contributed by atoms with Gasteiger partial charge in [-0.05, 0) is 46.3 Å². The van der Waals surface area contributed by atoms with E-state index in [2.05, 4.69) is 41.8 Å². The Morgan fingerprint density at radius 3 is 2.63 bits per heavy atom. The van der Waals surface area contributed by atoms with Gasteiger partial charge < -0.3 is 4.98 Å². The van der Waals surface area contributed by atoms with E-state index in [0.717, 1.165) is 25.5 Å². The van der Waals surface area contributed by atoms with Crippen LogP contribution in [0.25, 0.3) is 22.4 Å². The van der Waals surface area contributed by atoms with Crippen molar-refractivity contribution in [1.82, 2.24) is 9.97 Å². The number of aromatic amines is 1. The second-order valence-corrected chi connectivity index (χ2v) is 6.61. The molecule has 0 radical (unpaired) electrons. The molecule has 0 amide bonds. The number of nitrogens with one attached hydrogen (secondary N) is 1. The second kappa shape index (κ2) is 5.09. The molecule has 2 aromatic carbocycles. The number of hydrogen-bond acceptors (Lipinski definition) is 1. The standard InChI is InChI=1S/C13H6Br2Cl2N2/c14-6-3-9(15)12-11(4-6)18-13(19-12)8-5-7(16)1-2-10(8)17/h1-5H,(H,18,19). The van der Waals surface area contributed by atoms with Gasteiger partial charge in [-0.2, -0.15) is 0 Å². The third-order valence-electron chi connectivity index (χ3n) is 2.69. The third-order valence-corrected chi connectivity index (χ3v) is 4.32. The lowest BCUT2D eigenvalue weighted by Crippen LogP contribution is -1.82. The fourth-order valence-corrected chi connectivity index (χ4v) is 3.54. The SMILES string of the molecule is Clc1ccc(Cl)c(-c2nc3c(Br)cc(Br)cc3[nH]2)c1. The number of benzene rings is 2. The highest BCUT2D eigenvalue weighted by molar-refractivity contribution is 9.11. The van der Waals surface area contributed by atoms with Crippen LogP contribution in [0.5, 0.6) is 0 Å². The van der Waals surface area contributed by atoms with Crippen LogP contribution in [0.3, 0.4) is 0 Å². The average Bonchev–Trinajstić information content (AvgIpc) is 2.76. The summed E-state index contributed by atoms with van der Waals surface area (Å²) in [5.74, 6) is 0.696. The van der Waals surface area contributed by atoms with Gasteiger partial charge in [0.25, 0.3) is 0 Å². The molecule has 3 aromatic rings. The van der Waals surface area contributed by atoms with Gasteiger partial charge in [0.1, 0.15) is 11.3 Å². The van der Waals surface area contributed by atoms with Crippen molar-refractivity contribution in [3.8, 4) is 11.4 Å². The Balaban J connectivity index is 2.26. The summed E-state index contributed by atoms with van der Waals surface area (Å²) >= 11 is 19.1. The predicted molar refractivity (Wildman–Crippen MR) is 86.9 cm³/mol. The molecule has 1 N–H and O–H groups in total. The molecule has 3 rings (SSSR count). The fraction of sp³-hybridized carbons (Fsp3) is 0. The molecule has 19 heavy (non-hydrogen) atoms. The molecule has 2 nitrogen and oxygen atoms in total. The van der Waals surface area contributed by atoms with E-state index in [-0.39, 0.29) is 0 Å². The van der Waals surface area contributed by atoms with Crippen molar-refractivity contribution in [1.29, 1.82) is 0 Å². The molecule has 0 spiro atoms. The largest absolute Gasteiger partial charge is 0.338 e. The van der Waals surface area contributed by atoms with Crippen molar-refractivity contribution in [2.24, 2.45) is 0 Å². The lowest BCUT2D eigenvalue weighted by molar-refractivity contribution is 1.33. The first kappa shape index (κ1) is 13.4. The monoisotopic (exact) mass is 418 g/mol. The van der Waals surface area contributed by atoms with E-state index in [9.17, 15) is 0 Å². The number of hydrogen-bond donors (Lipinski definition) is 1. The number of imidazole rings is 1. The molecular formula is C13H6Br2Cl2N2. The van der Waals surface area contributed by atoms with Gasteiger partial charge in [-0.15, -0.1) is 0 Å². The van der Waals surface area contributed by atoms with Crippen LogP contribution in [0.1, 0.15) is 0 Å². The van der Waals surface area contributed by atoms with Crippen molar-refractivity contribution in [3.05, 3.63) is 49.3 Å². The van der Waals surface area contributed by atoms with Crippen LogP contribution in [0, 0.1) is 0 Å². The normalized spacial score (nSPS) is 11.2. The van der Waals surface area contributed by atoms with Gasteiger partial charge in [0, 0.05) is 19.5 Å². The van der Waals surface area contributed by atoms with Crippen LogP contribution in [0.4, 0.5) is 0 Å². The van der Waals surface area contributed by atoms with E-state index < -0.39 is 0 Å². The predicted octanol–water partition coefficient (Wildman–Crippen LogP) is 6.06. The van der Waals surface area contributed by atoms with Gasteiger partial charge in [-0.1, -0.05) is 39.1 Å². The van der Waals surface area contributed by atoms with Crippen LogP contribution in [-0.4, -0.2) is 9.97 Å². The van der Waals surface area contributed by atoms with Crippen LogP contribution in [0.15, 0.2) is 39.3 Å². The average molecular weight is 421 g/mol. The summed E-state index contributed by atoms with van der Waals surface area (Å²) in [5.41, 5.74) is 2.56. The Kier molecular flexibility index (Phi) is 3.60. The fourth-order valence-electron chi connectivity index (χ4n) is 1.85. The minimum atomic E-state index is 0.610. The molecule has 96 valence electrons. The highest BCUT2D eigenvalue weighted by Gasteiger charge is 2.12. The zero-order chi connectivity index (χ0) is 13.6. The van der Waals surface area contributed by atoms with Crippen molar-refractivity contribution < 1.29 is 0 Å². The van der Waals surface area contributed by atoms with E-state index in [1.807, 2.05) is 12.1 Å². The number of H-pyrrole nitrogens is 1. The molecule has 0 fully saturated rings. The van der Waals surface area contributed by atoms with Crippen molar-refractivity contribution in [3.63, 3.8) is 0 Å². The molecule has 0 atom stereocenters. The molecule has 0 bridgehead atoms. The van der Waals surface area contributed by atoms with Crippen molar-refractivity contribution in [2.75, 3.05) is 0 Å². The maximum absolute atomic E-state index is 6.19. The molecule has 1 heterocycles. The van der Waals surface area contributed by atoms with Crippen LogP contribution in [-0.2, 0) is 0 Å². The summed E-state index contributed by atoms with van der Waals surface area (Å²) in [7, 11) is 0. The topological polar surface area (TPSA) is 28.7 Å². The van der Waals surface area contributed by atoms with E-state index >= 15 is 0 Å². The van der Waals surface area contributed by atoms with Crippen molar-refractivity contribution in [2.45, 2.75) is 0 Å². The second-order valence-electron chi connectivity index (χ2n) is 3.99. The van der Waals surface area contributed by atoms with Crippen molar-refractivity contribution >= 4 is 66.1 Å². The molecule has 0 saturated carbocycles. The molecular weight excluding hydrogens is 415 g/mol. The van der Waals surface area contributed by atoms with Gasteiger partial charge in [0.05, 0.1) is 10.5 Å². The van der Waals surface area contributed by atoms with Gasteiger partial charge in [0.2, 0.25) is 0 Å². The van der Waals surface area contributed by atoms with Gasteiger partial charge >= 0.3 is 0 Å². The molecule has 0 saturated heterocycles. The molecule has 0 aliphatic heterocycles. The summed E-state index contributed by atoms with van der Waals surface area (Å²) in [6.45, 7) is 0. The Morgan fingerprint density at radius 2 is 1.84 bits per heavy atom. The summed E-state index contributed by atoms with van der Waals surface area (Å²) in [6, 6.07) is 9.23. The number of halogens is 4. The molecule has 0 aliphatic rings. The Bertz CT molecular complexity index is 784. The zero-order valence-electron chi connectivity index (χ0n) is 9.35. The van der Waals surface area contributed by atoms with Gasteiger partial charge in [-0.25, -0.2) is 4.98 Å². The smallest absolute Gasteiger partial charge is 0.140 e. The highest BCUT2D eigenvalue weighted by Crippen LogP contribution is 2.33. The lowest BCUT2D eigenvalue weighted by Gasteiger charge is -2.00. The maximum Gasteiger partial charge on any atom is 0.140 e. The Labute approximate surface area is 136 Å². The maximum atomic E-state index is 6.19. The summed E-state index contributed by atoms with van der Waals surface area (Å²) in [5, 5.41) is 1.23. The minimum Gasteiger partial charge on any atom is -0.338 e. The quantitative estimate of drug-likeness (QED) is 0.509. The minimum absolute atomic E-state index is 0.610. The Hall–Kier alpha value is -0.550. The van der Waals surface area contributed by atoms with Crippen LogP contribution >= 0.6 is 55.1 Å². The molecule has 0 aliphatic carbocycles. The molecule has 1 aromatic heterocycles. The van der Waals surface area contributed by atoms with E-state index in [0.29, 0.717) is 15.9 Å². The lowest BCUT2D eigenvalue weighted by atomic mass is 10.2. The number of fused-ring (bicyclic) bond motifs is 1. The summed E-state index contributed by atoms with van der Waals surface area (Å²) in [4.78, 5) is 7.81. The van der Waals surface area contributed by atoms with Gasteiger partial charge in [-0.3, -0.25) is 0 Å².